The van der Waals surface area contributed by atoms with Gasteiger partial charge >= 0.3 is 0 Å². The Morgan fingerprint density at radius 1 is 1.40 bits per heavy atom. The quantitative estimate of drug-likeness (QED) is 0.821. The van der Waals surface area contributed by atoms with Gasteiger partial charge in [-0.05, 0) is 17.7 Å². The van der Waals surface area contributed by atoms with Crippen LogP contribution in [0.1, 0.15) is 17.5 Å². The minimum Gasteiger partial charge on any atom is -0.454 e. The Morgan fingerprint density at radius 3 is 3.05 bits per heavy atom. The molecule has 106 valence electrons. The van der Waals surface area contributed by atoms with E-state index < -0.39 is 6.10 Å². The van der Waals surface area contributed by atoms with Crippen LogP contribution in [-0.2, 0) is 13.6 Å². The monoisotopic (exact) mass is 276 g/mol. The molecule has 0 amide bonds. The maximum absolute atomic E-state index is 10.1. The summed E-state index contributed by atoms with van der Waals surface area (Å²) in [6, 6.07) is 5.44. The smallest absolute Gasteiger partial charge is 0.231 e. The first-order valence-electron chi connectivity index (χ1n) is 6.35. The lowest BCUT2D eigenvalue weighted by Crippen LogP contribution is -2.21. The number of fused-ring (bicyclic) bond motifs is 1. The number of rotatable bonds is 5. The van der Waals surface area contributed by atoms with E-state index in [1.165, 1.54) is 0 Å². The van der Waals surface area contributed by atoms with Crippen molar-refractivity contribution in [1.82, 2.24) is 20.1 Å². The molecular weight excluding hydrogens is 260 g/mol. The highest BCUT2D eigenvalue weighted by molar-refractivity contribution is 5.45. The zero-order valence-electron chi connectivity index (χ0n) is 11.1. The number of aliphatic hydroxyl groups excluding tert-OH is 1. The van der Waals surface area contributed by atoms with E-state index in [0.29, 0.717) is 30.4 Å². The predicted octanol–water partition coefficient (Wildman–Crippen LogP) is 0.367. The third-order valence-electron chi connectivity index (χ3n) is 3.05. The zero-order valence-corrected chi connectivity index (χ0v) is 11.1. The number of hydrogen-bond donors (Lipinski definition) is 2. The largest absolute Gasteiger partial charge is 0.454 e. The second-order valence-corrected chi connectivity index (χ2v) is 4.59. The fourth-order valence-corrected chi connectivity index (χ4v) is 2.02. The van der Waals surface area contributed by atoms with Crippen LogP contribution < -0.4 is 14.8 Å². The Labute approximate surface area is 116 Å². The number of aromatic nitrogens is 3. The van der Waals surface area contributed by atoms with E-state index in [0.717, 1.165) is 5.56 Å². The van der Waals surface area contributed by atoms with Crippen molar-refractivity contribution >= 4 is 0 Å². The van der Waals surface area contributed by atoms with E-state index in [-0.39, 0.29) is 6.79 Å². The van der Waals surface area contributed by atoms with Crippen molar-refractivity contribution < 1.29 is 14.6 Å². The van der Waals surface area contributed by atoms with E-state index in [1.54, 1.807) is 23.1 Å². The molecule has 0 fully saturated rings. The summed E-state index contributed by atoms with van der Waals surface area (Å²) in [5, 5.41) is 17.4. The molecule has 0 spiro atoms. The molecular formula is C13H16N4O3. The predicted molar refractivity (Wildman–Crippen MR) is 70.2 cm³/mol. The summed E-state index contributed by atoms with van der Waals surface area (Å²) in [6.45, 7) is 1.17. The maximum Gasteiger partial charge on any atom is 0.231 e. The molecule has 1 unspecified atom stereocenters. The average molecular weight is 276 g/mol. The Bertz CT molecular complexity index is 599. The van der Waals surface area contributed by atoms with Gasteiger partial charge < -0.3 is 19.9 Å². The van der Waals surface area contributed by atoms with Crippen LogP contribution in [-0.4, -0.2) is 33.2 Å². The highest BCUT2D eigenvalue weighted by atomic mass is 16.7. The number of ether oxygens (including phenoxy) is 2. The molecule has 7 nitrogen and oxygen atoms in total. The van der Waals surface area contributed by atoms with Gasteiger partial charge in [0.25, 0.3) is 0 Å². The molecule has 0 radical (unpaired) electrons. The molecule has 0 bridgehead atoms. The van der Waals surface area contributed by atoms with Crippen molar-refractivity contribution in [2.24, 2.45) is 7.05 Å². The zero-order chi connectivity index (χ0) is 13.9. The Hall–Kier alpha value is -2.12. The maximum atomic E-state index is 10.1. The molecule has 1 aliphatic heterocycles. The third-order valence-corrected chi connectivity index (χ3v) is 3.05. The summed E-state index contributed by atoms with van der Waals surface area (Å²) >= 11 is 0. The fraction of sp³-hybridized carbons (Fsp3) is 0.385. The summed E-state index contributed by atoms with van der Waals surface area (Å²) < 4.78 is 12.2. The second-order valence-electron chi connectivity index (χ2n) is 4.59. The molecule has 2 heterocycles. The molecule has 0 saturated carbocycles. The standard InChI is InChI=1S/C13H16N4O3/c1-17-7-15-13(16-17)6-14-5-10(18)9-2-3-11-12(4-9)20-8-19-11/h2-4,7,10,14,18H,5-6,8H2,1H3. The van der Waals surface area contributed by atoms with Crippen LogP contribution in [0.5, 0.6) is 11.5 Å². The summed E-state index contributed by atoms with van der Waals surface area (Å²) in [7, 11) is 1.82. The van der Waals surface area contributed by atoms with Crippen LogP contribution in [0.4, 0.5) is 0 Å². The molecule has 7 heteroatoms. The van der Waals surface area contributed by atoms with Crippen LogP contribution >= 0.6 is 0 Å². The second kappa shape index (κ2) is 5.48. The number of nitrogens with one attached hydrogen (secondary N) is 1. The molecule has 0 aliphatic carbocycles. The SMILES string of the molecule is Cn1cnc(CNCC(O)c2ccc3c(c2)OCO3)n1. The van der Waals surface area contributed by atoms with E-state index in [1.807, 2.05) is 13.1 Å². The van der Waals surface area contributed by atoms with Crippen LogP contribution in [0.3, 0.4) is 0 Å². The van der Waals surface area contributed by atoms with Crippen LogP contribution in [0.25, 0.3) is 0 Å². The van der Waals surface area contributed by atoms with Gasteiger partial charge in [-0.2, -0.15) is 5.10 Å². The first kappa shape index (κ1) is 12.9. The minimum absolute atomic E-state index is 0.235. The highest BCUT2D eigenvalue weighted by Gasteiger charge is 2.16. The van der Waals surface area contributed by atoms with E-state index >= 15 is 0 Å². The molecule has 1 aromatic heterocycles. The van der Waals surface area contributed by atoms with Gasteiger partial charge in [-0.1, -0.05) is 6.07 Å². The van der Waals surface area contributed by atoms with Gasteiger partial charge in [0.1, 0.15) is 6.33 Å². The molecule has 1 aliphatic rings. The Kier molecular flexibility index (Phi) is 3.53. The summed E-state index contributed by atoms with van der Waals surface area (Å²) in [4.78, 5) is 4.10. The molecule has 2 N–H and O–H groups in total. The lowest BCUT2D eigenvalue weighted by Gasteiger charge is -2.12. The topological polar surface area (TPSA) is 81.4 Å². The van der Waals surface area contributed by atoms with Gasteiger partial charge in [0, 0.05) is 13.6 Å². The van der Waals surface area contributed by atoms with Gasteiger partial charge in [-0.25, -0.2) is 4.98 Å². The van der Waals surface area contributed by atoms with Crippen molar-refractivity contribution in [2.45, 2.75) is 12.6 Å². The van der Waals surface area contributed by atoms with Gasteiger partial charge in [0.15, 0.2) is 17.3 Å². The molecule has 1 aromatic carbocycles. The van der Waals surface area contributed by atoms with Crippen molar-refractivity contribution in [2.75, 3.05) is 13.3 Å². The van der Waals surface area contributed by atoms with Crippen LogP contribution in [0.2, 0.25) is 0 Å². The normalized spacial score (nSPS) is 14.5. The van der Waals surface area contributed by atoms with Gasteiger partial charge in [-0.15, -0.1) is 0 Å². The van der Waals surface area contributed by atoms with Crippen molar-refractivity contribution in [3.8, 4) is 11.5 Å². The first-order valence-corrected chi connectivity index (χ1v) is 6.35. The average Bonchev–Trinajstić information content (AvgIpc) is 3.06. The molecule has 2 aromatic rings. The van der Waals surface area contributed by atoms with Gasteiger partial charge in [0.2, 0.25) is 6.79 Å². The number of aliphatic hydroxyl groups is 1. The minimum atomic E-state index is -0.617. The lowest BCUT2D eigenvalue weighted by atomic mass is 10.1. The van der Waals surface area contributed by atoms with Crippen LogP contribution in [0.15, 0.2) is 24.5 Å². The molecule has 1 atom stereocenters. The highest BCUT2D eigenvalue weighted by Crippen LogP contribution is 2.34. The van der Waals surface area contributed by atoms with Crippen LogP contribution in [0, 0.1) is 0 Å². The van der Waals surface area contributed by atoms with E-state index in [2.05, 4.69) is 15.4 Å². The molecule has 3 rings (SSSR count). The fourth-order valence-electron chi connectivity index (χ4n) is 2.02. The first-order chi connectivity index (χ1) is 9.72. The number of nitrogens with zero attached hydrogens (tertiary/aromatic N) is 3. The summed E-state index contributed by atoms with van der Waals surface area (Å²) in [5.41, 5.74) is 0.788. The van der Waals surface area contributed by atoms with Gasteiger partial charge in [0.05, 0.1) is 12.6 Å². The molecule has 0 saturated heterocycles. The summed E-state index contributed by atoms with van der Waals surface area (Å²) in [5.74, 6) is 2.09. The van der Waals surface area contributed by atoms with E-state index in [4.69, 9.17) is 9.47 Å². The Balaban J connectivity index is 1.55. The van der Waals surface area contributed by atoms with Crippen molar-refractivity contribution in [3.05, 3.63) is 35.9 Å². The lowest BCUT2D eigenvalue weighted by molar-refractivity contribution is 0.170. The molecule has 20 heavy (non-hydrogen) atoms. The summed E-state index contributed by atoms with van der Waals surface area (Å²) in [6.07, 6.45) is 1.03. The Morgan fingerprint density at radius 2 is 2.25 bits per heavy atom. The van der Waals surface area contributed by atoms with Crippen molar-refractivity contribution in [1.29, 1.82) is 0 Å². The number of hydrogen-bond acceptors (Lipinski definition) is 6. The number of aryl methyl sites for hydroxylation is 1. The van der Waals surface area contributed by atoms with E-state index in [9.17, 15) is 5.11 Å². The number of benzene rings is 1. The van der Waals surface area contributed by atoms with Gasteiger partial charge in [-0.3, -0.25) is 4.68 Å². The van der Waals surface area contributed by atoms with Crippen molar-refractivity contribution in [3.63, 3.8) is 0 Å². The third kappa shape index (κ3) is 2.73.